The molecule has 0 amide bonds. The molecule has 6 nitrogen and oxygen atoms in total. The Hall–Kier alpha value is -1.37. The van der Waals surface area contributed by atoms with E-state index >= 15 is 0 Å². The fourth-order valence-electron chi connectivity index (χ4n) is 6.46. The number of hydrogen-bond donors (Lipinski definition) is 4. The second-order valence-electron chi connectivity index (χ2n) is 13.2. The molecule has 2 rings (SSSR count). The van der Waals surface area contributed by atoms with E-state index in [2.05, 4.69) is 31.8 Å². The van der Waals surface area contributed by atoms with E-state index in [0.717, 1.165) is 82.7 Å². The molecule has 40 heavy (non-hydrogen) atoms. The smallest absolute Gasteiger partial charge is 0.309 e. The number of nitrogens with zero attached hydrogens (tertiary/aromatic N) is 1. The number of carbonyl (C=O) groups is 1. The first-order valence-corrected chi connectivity index (χ1v) is 16.6. The second-order valence-corrected chi connectivity index (χ2v) is 13.2. The number of aliphatic hydroxyl groups excluding tert-OH is 2. The lowest BCUT2D eigenvalue weighted by Gasteiger charge is -2.33. The van der Waals surface area contributed by atoms with Gasteiger partial charge in [-0.15, -0.1) is 0 Å². The van der Waals surface area contributed by atoms with Crippen molar-refractivity contribution in [2.45, 2.75) is 167 Å². The molecule has 1 aliphatic rings. The number of hydrogen-bond acceptors (Lipinski definition) is 4. The fourth-order valence-corrected chi connectivity index (χ4v) is 6.46. The summed E-state index contributed by atoms with van der Waals surface area (Å²) in [5, 5.41) is 42.2. The van der Waals surface area contributed by atoms with Crippen LogP contribution in [0, 0.1) is 17.8 Å². The number of aromatic nitrogens is 1. The minimum atomic E-state index is -0.948. The largest absolute Gasteiger partial charge is 0.667 e. The van der Waals surface area contributed by atoms with Gasteiger partial charge in [0, 0.05) is 0 Å². The Bertz CT molecular complexity index is 808. The molecule has 0 bridgehead atoms. The van der Waals surface area contributed by atoms with Crippen LogP contribution in [0.5, 0.6) is 0 Å². The molecule has 1 saturated carbocycles. The molecule has 5 atom stereocenters. The van der Waals surface area contributed by atoms with Crippen LogP contribution in [-0.2, 0) is 17.6 Å². The molecule has 0 aromatic carbocycles. The number of aliphatic carboxylic acids is 1. The maximum atomic E-state index is 11.9. The van der Waals surface area contributed by atoms with E-state index in [1.807, 2.05) is 6.20 Å². The van der Waals surface area contributed by atoms with Crippen molar-refractivity contribution in [1.29, 1.82) is 0 Å². The van der Waals surface area contributed by atoms with Gasteiger partial charge < -0.3 is 25.4 Å². The van der Waals surface area contributed by atoms with Crippen LogP contribution in [0.2, 0.25) is 0 Å². The highest BCUT2D eigenvalue weighted by atomic mass is 16.4. The van der Waals surface area contributed by atoms with Crippen LogP contribution in [0.25, 0.3) is 0 Å². The summed E-state index contributed by atoms with van der Waals surface area (Å²) >= 11 is 0. The Labute approximate surface area is 244 Å². The van der Waals surface area contributed by atoms with Gasteiger partial charge in [-0.05, 0) is 76.0 Å². The third-order valence-corrected chi connectivity index (χ3v) is 9.23. The number of rotatable bonds is 23. The van der Waals surface area contributed by atoms with Gasteiger partial charge in [0.15, 0.2) is 0 Å². The molecule has 6 heteroatoms. The minimum absolute atomic E-state index is 0.0996. The molecule has 232 valence electrons. The number of aliphatic hydroxyl groups is 3. The van der Waals surface area contributed by atoms with E-state index in [4.69, 9.17) is 0 Å². The number of unbranched alkanes of at least 4 members (excludes halogenated alkanes) is 7. The number of aryl methyl sites for hydroxylation is 1. The quantitative estimate of drug-likeness (QED) is 0.105. The first-order valence-electron chi connectivity index (χ1n) is 16.6. The van der Waals surface area contributed by atoms with Crippen molar-refractivity contribution in [3.63, 3.8) is 0 Å². The lowest BCUT2D eigenvalue weighted by Crippen LogP contribution is -2.37. The summed E-state index contributed by atoms with van der Waals surface area (Å²) in [5.41, 5.74) is 1.43. The van der Waals surface area contributed by atoms with Crippen molar-refractivity contribution in [3.8, 4) is 0 Å². The number of carboxylic acids is 1. The van der Waals surface area contributed by atoms with Gasteiger partial charge in [-0.2, -0.15) is 11.9 Å². The summed E-state index contributed by atoms with van der Waals surface area (Å²) in [6, 6.07) is 2.17. The molecule has 1 aliphatic carbocycles. The summed E-state index contributed by atoms with van der Waals surface area (Å²) in [5.74, 6) is -0.983. The van der Waals surface area contributed by atoms with Crippen molar-refractivity contribution in [3.05, 3.63) is 23.5 Å². The summed E-state index contributed by atoms with van der Waals surface area (Å²) in [6.45, 7) is 6.66. The van der Waals surface area contributed by atoms with Gasteiger partial charge in [-0.1, -0.05) is 96.6 Å². The molecular formula is C34H60NO5-. The highest BCUT2D eigenvalue weighted by Gasteiger charge is 2.41. The maximum Gasteiger partial charge on any atom is 0.309 e. The van der Waals surface area contributed by atoms with E-state index in [1.54, 1.807) is 0 Å². The van der Waals surface area contributed by atoms with Crippen LogP contribution in [0.1, 0.15) is 148 Å². The van der Waals surface area contributed by atoms with Gasteiger partial charge in [0.25, 0.3) is 0 Å². The van der Waals surface area contributed by atoms with Crippen molar-refractivity contribution < 1.29 is 25.2 Å². The predicted octanol–water partition coefficient (Wildman–Crippen LogP) is 7.21. The zero-order chi connectivity index (χ0) is 29.4. The Balaban J connectivity index is 1.69. The van der Waals surface area contributed by atoms with E-state index in [0.29, 0.717) is 31.6 Å². The average molecular weight is 563 g/mol. The van der Waals surface area contributed by atoms with Gasteiger partial charge in [0.1, 0.15) is 0 Å². The van der Waals surface area contributed by atoms with Gasteiger partial charge in [0.2, 0.25) is 0 Å². The van der Waals surface area contributed by atoms with Gasteiger partial charge in [0.05, 0.1) is 23.7 Å². The van der Waals surface area contributed by atoms with Crippen molar-refractivity contribution in [2.75, 3.05) is 0 Å². The van der Waals surface area contributed by atoms with Crippen molar-refractivity contribution in [2.24, 2.45) is 17.8 Å². The number of carboxylic acid groups (broad SMARTS) is 1. The van der Waals surface area contributed by atoms with Crippen LogP contribution < -0.4 is 4.98 Å². The Morgan fingerprint density at radius 1 is 0.975 bits per heavy atom. The molecule has 1 fully saturated rings. The van der Waals surface area contributed by atoms with Crippen LogP contribution >= 0.6 is 0 Å². The maximum absolute atomic E-state index is 11.9. The highest BCUT2D eigenvalue weighted by Crippen LogP contribution is 2.41. The molecule has 0 radical (unpaired) electrons. The lowest BCUT2D eigenvalue weighted by atomic mass is 9.81. The van der Waals surface area contributed by atoms with Gasteiger partial charge in [-0.3, -0.25) is 4.79 Å². The van der Waals surface area contributed by atoms with Crippen molar-refractivity contribution >= 4 is 5.97 Å². The molecule has 0 aliphatic heterocycles. The average Bonchev–Trinajstić information content (AvgIpc) is 3.51. The highest BCUT2D eigenvalue weighted by molar-refractivity contribution is 5.70. The van der Waals surface area contributed by atoms with Crippen LogP contribution in [0.3, 0.4) is 0 Å². The molecule has 0 saturated heterocycles. The third kappa shape index (κ3) is 13.1. The molecule has 0 unspecified atom stereocenters. The topological polar surface area (TPSA) is 112 Å². The predicted molar refractivity (Wildman–Crippen MR) is 162 cm³/mol. The monoisotopic (exact) mass is 562 g/mol. The zero-order valence-corrected chi connectivity index (χ0v) is 25.8. The minimum Gasteiger partial charge on any atom is -0.667 e. The summed E-state index contributed by atoms with van der Waals surface area (Å²) in [7, 11) is 0. The summed E-state index contributed by atoms with van der Waals surface area (Å²) in [4.78, 5) is 16.5. The summed E-state index contributed by atoms with van der Waals surface area (Å²) in [6.07, 6.45) is 18.9. The fraction of sp³-hybridized carbons (Fsp3) is 0.853. The van der Waals surface area contributed by atoms with Crippen LogP contribution in [0.4, 0.5) is 0 Å². The van der Waals surface area contributed by atoms with Gasteiger partial charge >= 0.3 is 5.97 Å². The zero-order valence-electron chi connectivity index (χ0n) is 25.8. The van der Waals surface area contributed by atoms with E-state index < -0.39 is 23.6 Å². The van der Waals surface area contributed by atoms with Crippen molar-refractivity contribution in [1.82, 2.24) is 4.98 Å². The van der Waals surface area contributed by atoms with E-state index in [-0.39, 0.29) is 12.0 Å². The Morgan fingerprint density at radius 3 is 2.25 bits per heavy atom. The van der Waals surface area contributed by atoms with E-state index in [9.17, 15) is 25.2 Å². The summed E-state index contributed by atoms with van der Waals surface area (Å²) < 4.78 is 0. The molecular weight excluding hydrogens is 502 g/mol. The molecule has 1 aromatic rings. The van der Waals surface area contributed by atoms with Gasteiger partial charge in [-0.25, -0.2) is 0 Å². The SMILES string of the molecule is CCCCCCC[C@H](O)CCCCCC[C@H](C(=O)O)[C@H](O)CC[C@@]1(O)CCC[C@H]1Cc1cc(CCC(C)C)c[n-]1. The Morgan fingerprint density at radius 2 is 1.62 bits per heavy atom. The normalized spacial score (nSPS) is 21.6. The first-order chi connectivity index (χ1) is 19.1. The standard InChI is InChI=1S/C34H60NO5/c1-4-5-6-7-10-15-30(36)16-11-8-9-12-17-31(33(38)39)32(37)20-22-34(40)21-13-14-28(34)24-29-23-27(25-35-29)19-18-26(2)3/h23,25-26,28,30-32,36-37,40H,4-22,24H2,1-3H3,(H,38,39)/q-1/t28-,30-,31-,32+,34-/m0/s1. The molecule has 0 spiro atoms. The van der Waals surface area contributed by atoms with Crippen LogP contribution in [0.15, 0.2) is 12.3 Å². The van der Waals surface area contributed by atoms with Crippen LogP contribution in [-0.4, -0.2) is 44.2 Å². The molecule has 1 heterocycles. The Kier molecular flexibility index (Phi) is 16.5. The molecule has 1 aromatic heterocycles. The first kappa shape index (κ1) is 34.8. The third-order valence-electron chi connectivity index (χ3n) is 9.23. The lowest BCUT2D eigenvalue weighted by molar-refractivity contribution is -0.146. The molecule has 4 N–H and O–H groups in total. The second kappa shape index (κ2) is 18.9. The van der Waals surface area contributed by atoms with E-state index in [1.165, 1.54) is 31.2 Å².